The molecule has 3 aliphatic rings. The van der Waals surface area contributed by atoms with Crippen LogP contribution in [0.15, 0.2) is 47.7 Å². The monoisotopic (exact) mass is 358 g/mol. The Hall–Kier alpha value is -2.01. The quantitative estimate of drug-likeness (QED) is 0.839. The van der Waals surface area contributed by atoms with Crippen LogP contribution in [0.1, 0.15) is 26.7 Å². The van der Waals surface area contributed by atoms with Gasteiger partial charge in [0.1, 0.15) is 0 Å². The molecule has 2 atom stereocenters. The predicted octanol–water partition coefficient (Wildman–Crippen LogP) is 3.10. The van der Waals surface area contributed by atoms with Gasteiger partial charge in [0.15, 0.2) is 0 Å². The Kier molecular flexibility index (Phi) is 6.20. The summed E-state index contributed by atoms with van der Waals surface area (Å²) in [5.41, 5.74) is 2.51. The predicted molar refractivity (Wildman–Crippen MR) is 103 cm³/mol. The lowest BCUT2D eigenvalue weighted by Crippen LogP contribution is -2.48. The van der Waals surface area contributed by atoms with Crippen molar-refractivity contribution in [3.8, 4) is 0 Å². The van der Waals surface area contributed by atoms with Crippen LogP contribution in [0, 0.1) is 11.8 Å². The molecule has 5 heteroatoms. The summed E-state index contributed by atoms with van der Waals surface area (Å²) in [7, 11) is 0. The molecule has 1 amide bonds. The molecule has 1 saturated heterocycles. The Labute approximate surface area is 156 Å². The van der Waals surface area contributed by atoms with Gasteiger partial charge >= 0.3 is 6.09 Å². The summed E-state index contributed by atoms with van der Waals surface area (Å²) in [6, 6.07) is 0. The summed E-state index contributed by atoms with van der Waals surface area (Å²) in [6.45, 7) is 7.62. The van der Waals surface area contributed by atoms with Crippen molar-refractivity contribution in [1.29, 1.82) is 0 Å². The minimum Gasteiger partial charge on any atom is -0.449 e. The first kappa shape index (κ1) is 18.8. The molecule has 0 bridgehead atoms. The van der Waals surface area contributed by atoms with Gasteiger partial charge in [-0.3, -0.25) is 0 Å². The van der Waals surface area contributed by atoms with Crippen molar-refractivity contribution in [3.63, 3.8) is 0 Å². The molecule has 3 rings (SSSR count). The highest BCUT2D eigenvalue weighted by molar-refractivity contribution is 5.67. The lowest BCUT2D eigenvalue weighted by molar-refractivity contribution is 0.0744. The van der Waals surface area contributed by atoms with Crippen LogP contribution in [0.4, 0.5) is 4.79 Å². The highest BCUT2D eigenvalue weighted by Gasteiger charge is 2.26. The average Bonchev–Trinajstić information content (AvgIpc) is 2.66. The molecule has 0 saturated carbocycles. The standard InChI is InChI=1S/C21H30N2O3/c1-16(2)15-26-21(25)23-12-10-22(11-13-23)18-7-5-6-17(14-18)19-8-3-4-9-20(19)24/h3-4,6,8-9,14,16,19-20,24H,5,7,10-13,15H2,1-2H3. The molecule has 5 nitrogen and oxygen atoms in total. The molecule has 1 aliphatic heterocycles. The number of carbonyl (C=O) groups excluding carboxylic acids is 1. The van der Waals surface area contributed by atoms with Gasteiger partial charge in [-0.1, -0.05) is 44.2 Å². The van der Waals surface area contributed by atoms with E-state index in [4.69, 9.17) is 4.74 Å². The van der Waals surface area contributed by atoms with E-state index in [9.17, 15) is 9.90 Å². The fraction of sp³-hybridized carbons (Fsp3) is 0.571. The summed E-state index contributed by atoms with van der Waals surface area (Å²) >= 11 is 0. The summed E-state index contributed by atoms with van der Waals surface area (Å²) in [4.78, 5) is 16.3. The number of rotatable bonds is 4. The van der Waals surface area contributed by atoms with Gasteiger partial charge in [-0.05, 0) is 30.4 Å². The van der Waals surface area contributed by atoms with Gasteiger partial charge in [-0.25, -0.2) is 4.79 Å². The molecule has 0 radical (unpaired) electrons. The van der Waals surface area contributed by atoms with Crippen LogP contribution in [0.25, 0.3) is 0 Å². The second-order valence-electron chi connectivity index (χ2n) is 7.61. The van der Waals surface area contributed by atoms with Gasteiger partial charge in [0, 0.05) is 37.8 Å². The van der Waals surface area contributed by atoms with E-state index in [2.05, 4.69) is 23.1 Å². The maximum Gasteiger partial charge on any atom is 0.409 e. The van der Waals surface area contributed by atoms with Gasteiger partial charge in [0.2, 0.25) is 0 Å². The maximum absolute atomic E-state index is 12.1. The number of ether oxygens (including phenoxy) is 1. The van der Waals surface area contributed by atoms with Crippen molar-refractivity contribution in [3.05, 3.63) is 47.7 Å². The molecule has 2 unspecified atom stereocenters. The third-order valence-electron chi connectivity index (χ3n) is 5.09. The lowest BCUT2D eigenvalue weighted by atomic mass is 9.86. The van der Waals surface area contributed by atoms with Crippen LogP contribution in [-0.2, 0) is 4.74 Å². The Morgan fingerprint density at radius 3 is 2.65 bits per heavy atom. The van der Waals surface area contributed by atoms with E-state index in [0.717, 1.165) is 25.9 Å². The van der Waals surface area contributed by atoms with E-state index in [1.165, 1.54) is 11.3 Å². The Balaban J connectivity index is 1.56. The number of amides is 1. The van der Waals surface area contributed by atoms with E-state index in [1.54, 1.807) is 4.90 Å². The van der Waals surface area contributed by atoms with Crippen molar-refractivity contribution in [2.24, 2.45) is 11.8 Å². The number of carbonyl (C=O) groups is 1. The lowest BCUT2D eigenvalue weighted by Gasteiger charge is -2.38. The molecule has 0 spiro atoms. The van der Waals surface area contributed by atoms with Crippen LogP contribution < -0.4 is 0 Å². The van der Waals surface area contributed by atoms with E-state index in [0.29, 0.717) is 25.6 Å². The Bertz CT molecular complexity index is 625. The van der Waals surface area contributed by atoms with Gasteiger partial charge < -0.3 is 19.6 Å². The van der Waals surface area contributed by atoms with E-state index in [-0.39, 0.29) is 12.0 Å². The maximum atomic E-state index is 12.1. The van der Waals surface area contributed by atoms with Crippen molar-refractivity contribution < 1.29 is 14.6 Å². The SMILES string of the molecule is CC(C)COC(=O)N1CCN(C2=CC(C3C=CC=CC3O)=CCC2)CC1. The van der Waals surface area contributed by atoms with Crippen LogP contribution in [0.3, 0.4) is 0 Å². The van der Waals surface area contributed by atoms with Crippen LogP contribution in [-0.4, -0.2) is 59.9 Å². The molecular formula is C21H30N2O3. The van der Waals surface area contributed by atoms with Crippen molar-refractivity contribution in [2.45, 2.75) is 32.8 Å². The summed E-state index contributed by atoms with van der Waals surface area (Å²) in [6.07, 6.45) is 13.6. The van der Waals surface area contributed by atoms with Gasteiger partial charge in [-0.2, -0.15) is 0 Å². The number of aliphatic hydroxyl groups is 1. The molecule has 0 aromatic rings. The van der Waals surface area contributed by atoms with Crippen LogP contribution in [0.2, 0.25) is 0 Å². The highest BCUT2D eigenvalue weighted by Crippen LogP contribution is 2.30. The molecule has 2 aliphatic carbocycles. The Morgan fingerprint density at radius 2 is 1.96 bits per heavy atom. The van der Waals surface area contributed by atoms with Crippen LogP contribution >= 0.6 is 0 Å². The summed E-state index contributed by atoms with van der Waals surface area (Å²) in [5.74, 6) is 0.402. The third-order valence-corrected chi connectivity index (χ3v) is 5.09. The fourth-order valence-corrected chi connectivity index (χ4v) is 3.60. The number of hydrogen-bond acceptors (Lipinski definition) is 4. The van der Waals surface area contributed by atoms with Crippen molar-refractivity contribution in [1.82, 2.24) is 9.80 Å². The number of nitrogens with zero attached hydrogens (tertiary/aromatic N) is 2. The van der Waals surface area contributed by atoms with Crippen LogP contribution in [0.5, 0.6) is 0 Å². The first-order chi connectivity index (χ1) is 12.5. The van der Waals surface area contributed by atoms with Crippen molar-refractivity contribution in [2.75, 3.05) is 32.8 Å². The smallest absolute Gasteiger partial charge is 0.409 e. The second kappa shape index (κ2) is 8.58. The highest BCUT2D eigenvalue weighted by atomic mass is 16.6. The molecule has 0 aromatic carbocycles. The zero-order valence-corrected chi connectivity index (χ0v) is 15.8. The summed E-state index contributed by atoms with van der Waals surface area (Å²) in [5, 5.41) is 10.2. The van der Waals surface area contributed by atoms with Gasteiger partial charge in [0.25, 0.3) is 0 Å². The molecular weight excluding hydrogens is 328 g/mol. The molecule has 26 heavy (non-hydrogen) atoms. The summed E-state index contributed by atoms with van der Waals surface area (Å²) < 4.78 is 5.33. The molecule has 0 aromatic heterocycles. The molecule has 1 fully saturated rings. The first-order valence-corrected chi connectivity index (χ1v) is 9.65. The largest absolute Gasteiger partial charge is 0.449 e. The minimum absolute atomic E-state index is 0.0441. The minimum atomic E-state index is -0.450. The fourth-order valence-electron chi connectivity index (χ4n) is 3.60. The number of allylic oxidation sites excluding steroid dienone is 5. The van der Waals surface area contributed by atoms with Crippen molar-refractivity contribution >= 4 is 6.09 Å². The van der Waals surface area contributed by atoms with E-state index >= 15 is 0 Å². The number of aliphatic hydroxyl groups excluding tert-OH is 1. The zero-order chi connectivity index (χ0) is 18.5. The first-order valence-electron chi connectivity index (χ1n) is 9.65. The second-order valence-corrected chi connectivity index (χ2v) is 7.61. The Morgan fingerprint density at radius 1 is 1.23 bits per heavy atom. The normalized spacial score (nSPS) is 26.0. The third kappa shape index (κ3) is 4.58. The van der Waals surface area contributed by atoms with Gasteiger partial charge in [-0.15, -0.1) is 0 Å². The molecule has 142 valence electrons. The zero-order valence-electron chi connectivity index (χ0n) is 15.8. The topological polar surface area (TPSA) is 53.0 Å². The number of hydrogen-bond donors (Lipinski definition) is 1. The number of piperazine rings is 1. The average molecular weight is 358 g/mol. The van der Waals surface area contributed by atoms with E-state index < -0.39 is 6.10 Å². The van der Waals surface area contributed by atoms with E-state index in [1.807, 2.05) is 32.1 Å². The molecule has 1 N–H and O–H groups in total. The van der Waals surface area contributed by atoms with Gasteiger partial charge in [0.05, 0.1) is 12.7 Å². The molecule has 1 heterocycles.